The van der Waals surface area contributed by atoms with E-state index in [1.165, 1.54) is 6.07 Å². The molecule has 0 unspecified atom stereocenters. The minimum atomic E-state index is -0.487. The lowest BCUT2D eigenvalue weighted by Crippen LogP contribution is -2.09. The second-order valence-corrected chi connectivity index (χ2v) is 6.40. The highest BCUT2D eigenvalue weighted by atomic mass is 19.1. The van der Waals surface area contributed by atoms with Crippen molar-refractivity contribution < 1.29 is 23.4 Å². The minimum Gasteiger partial charge on any atom is -0.490 e. The summed E-state index contributed by atoms with van der Waals surface area (Å²) in [5.41, 5.74) is 1.77. The molecule has 4 rings (SSSR count). The van der Waals surface area contributed by atoms with Gasteiger partial charge in [0.25, 0.3) is 0 Å². The number of aliphatic imine (C=N–C) groups is 1. The molecule has 3 aromatic carbocycles. The lowest BCUT2D eigenvalue weighted by molar-refractivity contribution is -0.129. The van der Waals surface area contributed by atoms with E-state index in [4.69, 9.17) is 14.2 Å². The number of hydrogen-bond donors (Lipinski definition) is 0. The molecule has 1 aliphatic heterocycles. The van der Waals surface area contributed by atoms with Crippen LogP contribution in [0.2, 0.25) is 0 Å². The third kappa shape index (κ3) is 4.72. The van der Waals surface area contributed by atoms with Crippen LogP contribution in [-0.2, 0) is 9.53 Å². The smallest absolute Gasteiger partial charge is 0.363 e. The van der Waals surface area contributed by atoms with Crippen molar-refractivity contribution in [2.24, 2.45) is 4.99 Å². The van der Waals surface area contributed by atoms with Crippen LogP contribution >= 0.6 is 0 Å². The van der Waals surface area contributed by atoms with Gasteiger partial charge in [-0.2, -0.15) is 0 Å². The van der Waals surface area contributed by atoms with Gasteiger partial charge in [-0.1, -0.05) is 42.5 Å². The fourth-order valence-electron chi connectivity index (χ4n) is 2.80. The van der Waals surface area contributed by atoms with Crippen LogP contribution in [0.5, 0.6) is 11.5 Å². The standard InChI is InChI=1S/C24H18FNO4/c25-20-8-4-5-9-22(20)29-15-14-28-19-12-10-17(11-13-19)16-21-24(27)30-23(26-21)18-6-2-1-3-7-18/h1-13,16H,14-15H2. The van der Waals surface area contributed by atoms with Crippen LogP contribution in [0, 0.1) is 5.82 Å². The van der Waals surface area contributed by atoms with Crippen molar-refractivity contribution in [3.63, 3.8) is 0 Å². The van der Waals surface area contributed by atoms with E-state index in [1.54, 1.807) is 36.4 Å². The molecule has 0 saturated carbocycles. The summed E-state index contributed by atoms with van der Waals surface area (Å²) in [4.78, 5) is 16.4. The van der Waals surface area contributed by atoms with Gasteiger partial charge in [-0.3, -0.25) is 0 Å². The summed E-state index contributed by atoms with van der Waals surface area (Å²) in [5, 5.41) is 0. The van der Waals surface area contributed by atoms with Crippen LogP contribution in [0.15, 0.2) is 89.6 Å². The first-order chi connectivity index (χ1) is 14.7. The van der Waals surface area contributed by atoms with Crippen LogP contribution < -0.4 is 9.47 Å². The summed E-state index contributed by atoms with van der Waals surface area (Å²) in [7, 11) is 0. The molecule has 0 radical (unpaired) electrons. The molecule has 150 valence electrons. The number of halogens is 1. The quantitative estimate of drug-likeness (QED) is 0.328. The zero-order valence-corrected chi connectivity index (χ0v) is 16.0. The van der Waals surface area contributed by atoms with Gasteiger partial charge in [-0.25, -0.2) is 14.2 Å². The van der Waals surface area contributed by atoms with E-state index in [2.05, 4.69) is 4.99 Å². The highest BCUT2D eigenvalue weighted by Gasteiger charge is 2.23. The summed E-state index contributed by atoms with van der Waals surface area (Å²) in [6.07, 6.45) is 1.66. The van der Waals surface area contributed by atoms with Crippen molar-refractivity contribution in [3.05, 3.63) is 102 Å². The predicted molar refractivity (Wildman–Crippen MR) is 111 cm³/mol. The van der Waals surface area contributed by atoms with Crippen molar-refractivity contribution in [2.75, 3.05) is 13.2 Å². The van der Waals surface area contributed by atoms with Gasteiger partial charge >= 0.3 is 5.97 Å². The van der Waals surface area contributed by atoms with Gasteiger partial charge in [-0.15, -0.1) is 0 Å². The Bertz CT molecular complexity index is 1090. The molecule has 0 N–H and O–H groups in total. The highest BCUT2D eigenvalue weighted by molar-refractivity contribution is 6.12. The van der Waals surface area contributed by atoms with E-state index in [0.29, 0.717) is 11.6 Å². The summed E-state index contributed by atoms with van der Waals surface area (Å²) < 4.78 is 29.7. The second kappa shape index (κ2) is 9.05. The highest BCUT2D eigenvalue weighted by Crippen LogP contribution is 2.21. The van der Waals surface area contributed by atoms with Gasteiger partial charge in [0.15, 0.2) is 17.3 Å². The van der Waals surface area contributed by atoms with Crippen LogP contribution in [0.25, 0.3) is 6.08 Å². The van der Waals surface area contributed by atoms with E-state index < -0.39 is 11.8 Å². The normalized spacial score (nSPS) is 14.4. The fourth-order valence-corrected chi connectivity index (χ4v) is 2.80. The fraction of sp³-hybridized carbons (Fsp3) is 0.0833. The molecule has 5 nitrogen and oxygen atoms in total. The lowest BCUT2D eigenvalue weighted by Gasteiger charge is -2.09. The lowest BCUT2D eigenvalue weighted by atomic mass is 10.2. The van der Waals surface area contributed by atoms with Crippen LogP contribution in [0.3, 0.4) is 0 Å². The van der Waals surface area contributed by atoms with E-state index >= 15 is 0 Å². The first kappa shape index (κ1) is 19.4. The number of cyclic esters (lactones) is 1. The number of ether oxygens (including phenoxy) is 3. The molecule has 0 spiro atoms. The SMILES string of the molecule is O=C1OC(c2ccccc2)=NC1=Cc1ccc(OCCOc2ccccc2F)cc1. The monoisotopic (exact) mass is 403 g/mol. The number of nitrogens with zero attached hydrogens (tertiary/aromatic N) is 1. The summed E-state index contributed by atoms with van der Waals surface area (Å²) in [5.74, 6) is 0.234. The van der Waals surface area contributed by atoms with Crippen LogP contribution in [0.4, 0.5) is 4.39 Å². The molecule has 6 heteroatoms. The molecular formula is C24H18FNO4. The molecule has 0 aromatic heterocycles. The Hall–Kier alpha value is -3.93. The van der Waals surface area contributed by atoms with Gasteiger partial charge in [0.05, 0.1) is 0 Å². The molecule has 30 heavy (non-hydrogen) atoms. The molecule has 0 bridgehead atoms. The molecule has 0 amide bonds. The molecule has 0 fully saturated rings. The van der Waals surface area contributed by atoms with Gasteiger partial charge in [-0.05, 0) is 48.0 Å². The number of rotatable bonds is 7. The summed E-state index contributed by atoms with van der Waals surface area (Å²) in [6, 6.07) is 22.6. The maximum Gasteiger partial charge on any atom is 0.363 e. The Morgan fingerprint density at radius 1 is 0.867 bits per heavy atom. The Balaban J connectivity index is 1.34. The topological polar surface area (TPSA) is 57.1 Å². The van der Waals surface area contributed by atoms with Crippen molar-refractivity contribution in [1.82, 2.24) is 0 Å². The Kier molecular flexibility index (Phi) is 5.85. The molecule has 0 atom stereocenters. The average Bonchev–Trinajstić information content (AvgIpc) is 3.14. The van der Waals surface area contributed by atoms with Gasteiger partial charge in [0, 0.05) is 5.56 Å². The van der Waals surface area contributed by atoms with E-state index in [-0.39, 0.29) is 24.7 Å². The van der Waals surface area contributed by atoms with E-state index in [1.807, 2.05) is 42.5 Å². The summed E-state index contributed by atoms with van der Waals surface area (Å²) >= 11 is 0. The minimum absolute atomic E-state index is 0.196. The van der Waals surface area contributed by atoms with E-state index in [9.17, 15) is 9.18 Å². The average molecular weight is 403 g/mol. The molecule has 1 heterocycles. The molecule has 1 aliphatic rings. The number of carbonyl (C=O) groups excluding carboxylic acids is 1. The number of carbonyl (C=O) groups is 1. The number of para-hydroxylation sites is 1. The third-order valence-electron chi connectivity index (χ3n) is 4.27. The van der Waals surface area contributed by atoms with Crippen molar-refractivity contribution in [2.45, 2.75) is 0 Å². The van der Waals surface area contributed by atoms with Crippen molar-refractivity contribution >= 4 is 17.9 Å². The van der Waals surface area contributed by atoms with Crippen molar-refractivity contribution in [1.29, 1.82) is 0 Å². The Labute approximate surface area is 173 Å². The predicted octanol–water partition coefficient (Wildman–Crippen LogP) is 4.63. The zero-order valence-electron chi connectivity index (χ0n) is 16.0. The Morgan fingerprint density at radius 2 is 1.57 bits per heavy atom. The van der Waals surface area contributed by atoms with Gasteiger partial charge in [0.2, 0.25) is 5.90 Å². The van der Waals surface area contributed by atoms with E-state index in [0.717, 1.165) is 11.1 Å². The number of benzene rings is 3. The van der Waals surface area contributed by atoms with Crippen molar-refractivity contribution in [3.8, 4) is 11.5 Å². The maximum atomic E-state index is 13.5. The summed E-state index contributed by atoms with van der Waals surface area (Å²) in [6.45, 7) is 0.487. The van der Waals surface area contributed by atoms with Crippen LogP contribution in [-0.4, -0.2) is 25.1 Å². The molecule has 3 aromatic rings. The zero-order chi connectivity index (χ0) is 20.8. The van der Waals surface area contributed by atoms with Gasteiger partial charge in [0.1, 0.15) is 19.0 Å². The molecule has 0 saturated heterocycles. The number of hydrogen-bond acceptors (Lipinski definition) is 5. The second-order valence-electron chi connectivity index (χ2n) is 6.40. The Morgan fingerprint density at radius 3 is 2.33 bits per heavy atom. The largest absolute Gasteiger partial charge is 0.490 e. The first-order valence-electron chi connectivity index (χ1n) is 9.37. The van der Waals surface area contributed by atoms with Gasteiger partial charge < -0.3 is 14.2 Å². The maximum absolute atomic E-state index is 13.5. The first-order valence-corrected chi connectivity index (χ1v) is 9.37. The molecule has 0 aliphatic carbocycles. The molecular weight excluding hydrogens is 385 g/mol. The number of esters is 1. The van der Waals surface area contributed by atoms with Crippen LogP contribution in [0.1, 0.15) is 11.1 Å². The third-order valence-corrected chi connectivity index (χ3v) is 4.27.